The summed E-state index contributed by atoms with van der Waals surface area (Å²) in [6, 6.07) is 7.79. The second-order valence-electron chi connectivity index (χ2n) is 3.54. The normalized spacial score (nSPS) is 17.8. The predicted octanol–water partition coefficient (Wildman–Crippen LogP) is 1.41. The van der Waals surface area contributed by atoms with Crippen LogP contribution < -0.4 is 11.5 Å². The number of hydrogen-bond donors (Lipinski definition) is 2. The zero-order valence-electron chi connectivity index (χ0n) is 7.25. The van der Waals surface area contributed by atoms with Gasteiger partial charge < -0.3 is 11.5 Å². The average Bonchev–Trinajstić information content (AvgIpc) is 2.90. The van der Waals surface area contributed by atoms with Crippen LogP contribution in [-0.4, -0.2) is 0 Å². The molecule has 3 heteroatoms. The minimum Gasteiger partial charge on any atom is -0.397 e. The van der Waals surface area contributed by atoms with E-state index in [9.17, 15) is 0 Å². The van der Waals surface area contributed by atoms with E-state index in [1.54, 1.807) is 6.07 Å². The Labute approximate surface area is 77.0 Å². The molecule has 0 amide bonds. The summed E-state index contributed by atoms with van der Waals surface area (Å²) in [5, 5.41) is 8.95. The molecule has 66 valence electrons. The van der Waals surface area contributed by atoms with E-state index < -0.39 is 0 Å². The van der Waals surface area contributed by atoms with Gasteiger partial charge in [0.15, 0.2) is 0 Å². The number of nitrogens with two attached hydrogens (primary N) is 2. The maximum atomic E-state index is 8.95. The van der Waals surface area contributed by atoms with E-state index >= 15 is 0 Å². The van der Waals surface area contributed by atoms with Crippen LogP contribution >= 0.6 is 0 Å². The number of nitrogens with zero attached hydrogens (tertiary/aromatic N) is 1. The van der Waals surface area contributed by atoms with Crippen molar-refractivity contribution in [2.75, 3.05) is 11.5 Å². The van der Waals surface area contributed by atoms with Crippen LogP contribution in [0.1, 0.15) is 18.4 Å². The van der Waals surface area contributed by atoms with Gasteiger partial charge in [0.05, 0.1) is 22.9 Å². The molecule has 13 heavy (non-hydrogen) atoms. The van der Waals surface area contributed by atoms with Gasteiger partial charge in [0, 0.05) is 0 Å². The second kappa shape index (κ2) is 2.40. The first-order valence-electron chi connectivity index (χ1n) is 4.25. The third-order valence-corrected chi connectivity index (χ3v) is 2.60. The fourth-order valence-corrected chi connectivity index (χ4v) is 1.46. The minimum absolute atomic E-state index is 0.262. The Hall–Kier alpha value is -1.69. The standard InChI is InChI=1S/C10H11N3/c11-6-10(3-4-10)7-1-2-8(12)9(13)5-7/h1-2,5H,3-4,12-13H2. The van der Waals surface area contributed by atoms with Gasteiger partial charge in [-0.25, -0.2) is 0 Å². The molecular formula is C10H11N3. The molecule has 0 unspecified atom stereocenters. The van der Waals surface area contributed by atoms with Gasteiger partial charge in [-0.15, -0.1) is 0 Å². The van der Waals surface area contributed by atoms with E-state index in [2.05, 4.69) is 6.07 Å². The Bertz CT molecular complexity index is 386. The molecule has 0 radical (unpaired) electrons. The van der Waals surface area contributed by atoms with Crippen LogP contribution in [0.2, 0.25) is 0 Å². The molecule has 0 bridgehead atoms. The molecule has 2 rings (SSSR count). The van der Waals surface area contributed by atoms with Gasteiger partial charge in [0.25, 0.3) is 0 Å². The third-order valence-electron chi connectivity index (χ3n) is 2.60. The molecule has 1 saturated carbocycles. The van der Waals surface area contributed by atoms with Gasteiger partial charge in [0.2, 0.25) is 0 Å². The molecule has 1 aromatic rings. The largest absolute Gasteiger partial charge is 0.397 e. The van der Waals surface area contributed by atoms with Crippen molar-refractivity contribution >= 4 is 11.4 Å². The summed E-state index contributed by atoms with van der Waals surface area (Å²) < 4.78 is 0. The average molecular weight is 173 g/mol. The first-order valence-corrected chi connectivity index (χ1v) is 4.25. The number of rotatable bonds is 1. The molecule has 1 aromatic carbocycles. The molecule has 0 spiro atoms. The van der Waals surface area contributed by atoms with E-state index in [1.165, 1.54) is 0 Å². The summed E-state index contributed by atoms with van der Waals surface area (Å²) in [4.78, 5) is 0. The highest BCUT2D eigenvalue weighted by atomic mass is 14.7. The number of nitriles is 1. The van der Waals surface area contributed by atoms with Crippen molar-refractivity contribution in [3.05, 3.63) is 23.8 Å². The van der Waals surface area contributed by atoms with Crippen LogP contribution in [0.5, 0.6) is 0 Å². The van der Waals surface area contributed by atoms with Crippen LogP contribution in [0.15, 0.2) is 18.2 Å². The number of anilines is 2. The quantitative estimate of drug-likeness (QED) is 0.630. The smallest absolute Gasteiger partial charge is 0.0824 e. The van der Waals surface area contributed by atoms with Crippen molar-refractivity contribution in [2.24, 2.45) is 0 Å². The third kappa shape index (κ3) is 1.11. The zero-order valence-corrected chi connectivity index (χ0v) is 7.25. The van der Waals surface area contributed by atoms with Crippen LogP contribution in [0.25, 0.3) is 0 Å². The predicted molar refractivity (Wildman–Crippen MR) is 51.8 cm³/mol. The molecule has 1 fully saturated rings. The fraction of sp³-hybridized carbons (Fsp3) is 0.300. The van der Waals surface area contributed by atoms with Crippen molar-refractivity contribution in [3.8, 4) is 6.07 Å². The van der Waals surface area contributed by atoms with Crippen molar-refractivity contribution in [2.45, 2.75) is 18.3 Å². The monoisotopic (exact) mass is 173 g/mol. The van der Waals surface area contributed by atoms with Gasteiger partial charge in [0.1, 0.15) is 0 Å². The molecule has 1 aliphatic carbocycles. The van der Waals surface area contributed by atoms with Gasteiger partial charge in [-0.3, -0.25) is 0 Å². The number of benzene rings is 1. The van der Waals surface area contributed by atoms with E-state index in [0.717, 1.165) is 18.4 Å². The van der Waals surface area contributed by atoms with Crippen LogP contribution in [0.3, 0.4) is 0 Å². The number of hydrogen-bond acceptors (Lipinski definition) is 3. The second-order valence-corrected chi connectivity index (χ2v) is 3.54. The Morgan fingerprint density at radius 3 is 2.38 bits per heavy atom. The lowest BCUT2D eigenvalue weighted by Gasteiger charge is -2.08. The lowest BCUT2D eigenvalue weighted by Crippen LogP contribution is -2.04. The SMILES string of the molecule is N#CC1(c2ccc(N)c(N)c2)CC1. The Balaban J connectivity index is 2.44. The first kappa shape index (κ1) is 7.93. The Kier molecular flexibility index (Phi) is 1.46. The number of nitrogen functional groups attached to an aromatic ring is 2. The fourth-order valence-electron chi connectivity index (χ4n) is 1.46. The maximum Gasteiger partial charge on any atom is 0.0824 e. The first-order chi connectivity index (χ1) is 6.18. The summed E-state index contributed by atoms with van der Waals surface area (Å²) in [5.41, 5.74) is 13.1. The summed E-state index contributed by atoms with van der Waals surface area (Å²) >= 11 is 0. The maximum absolute atomic E-state index is 8.95. The molecule has 0 atom stereocenters. The summed E-state index contributed by atoms with van der Waals surface area (Å²) in [5.74, 6) is 0. The molecular weight excluding hydrogens is 162 g/mol. The van der Waals surface area contributed by atoms with Crippen LogP contribution in [0.4, 0.5) is 11.4 Å². The van der Waals surface area contributed by atoms with E-state index in [1.807, 2.05) is 12.1 Å². The van der Waals surface area contributed by atoms with Crippen molar-refractivity contribution in [1.29, 1.82) is 5.26 Å². The van der Waals surface area contributed by atoms with Crippen LogP contribution in [0, 0.1) is 11.3 Å². The summed E-state index contributed by atoms with van der Waals surface area (Å²) in [6.07, 6.45) is 1.87. The van der Waals surface area contributed by atoms with Gasteiger partial charge >= 0.3 is 0 Å². The van der Waals surface area contributed by atoms with Gasteiger partial charge in [-0.2, -0.15) is 5.26 Å². The Morgan fingerprint density at radius 1 is 1.23 bits per heavy atom. The summed E-state index contributed by atoms with van der Waals surface area (Å²) in [6.45, 7) is 0. The van der Waals surface area contributed by atoms with Crippen molar-refractivity contribution in [1.82, 2.24) is 0 Å². The molecule has 0 heterocycles. The summed E-state index contributed by atoms with van der Waals surface area (Å²) in [7, 11) is 0. The lowest BCUT2D eigenvalue weighted by molar-refractivity contribution is 0.909. The molecule has 1 aliphatic rings. The van der Waals surface area contributed by atoms with E-state index in [-0.39, 0.29) is 5.41 Å². The molecule has 0 saturated heterocycles. The highest BCUT2D eigenvalue weighted by Crippen LogP contribution is 2.48. The molecule has 3 nitrogen and oxygen atoms in total. The van der Waals surface area contributed by atoms with Gasteiger partial charge in [-0.1, -0.05) is 6.07 Å². The van der Waals surface area contributed by atoms with E-state index in [0.29, 0.717) is 11.4 Å². The highest BCUT2D eigenvalue weighted by Gasteiger charge is 2.44. The zero-order chi connectivity index (χ0) is 9.47. The van der Waals surface area contributed by atoms with Crippen molar-refractivity contribution in [3.63, 3.8) is 0 Å². The molecule has 0 aromatic heterocycles. The van der Waals surface area contributed by atoms with Crippen LogP contribution in [-0.2, 0) is 5.41 Å². The molecule has 4 N–H and O–H groups in total. The van der Waals surface area contributed by atoms with E-state index in [4.69, 9.17) is 16.7 Å². The Morgan fingerprint density at radius 2 is 1.92 bits per heavy atom. The van der Waals surface area contributed by atoms with Crippen molar-refractivity contribution < 1.29 is 0 Å². The lowest BCUT2D eigenvalue weighted by atomic mass is 9.97. The molecule has 0 aliphatic heterocycles. The van der Waals surface area contributed by atoms with Gasteiger partial charge in [-0.05, 0) is 30.5 Å². The minimum atomic E-state index is -0.262. The highest BCUT2D eigenvalue weighted by molar-refractivity contribution is 5.65. The topological polar surface area (TPSA) is 75.8 Å².